The first-order chi connectivity index (χ1) is 12.8. The van der Waals surface area contributed by atoms with E-state index in [-0.39, 0.29) is 5.41 Å². The number of nitrogens with zero attached hydrogens (tertiary/aromatic N) is 2. The highest BCUT2D eigenvalue weighted by molar-refractivity contribution is 5.88. The monoisotopic (exact) mass is 349 g/mol. The Morgan fingerprint density at radius 3 is 2.58 bits per heavy atom. The molecule has 4 rings (SSSR count). The number of aromatic nitrogens is 2. The van der Waals surface area contributed by atoms with Gasteiger partial charge in [-0.05, 0) is 42.7 Å². The molecule has 26 heavy (non-hydrogen) atoms. The molecule has 0 atom stereocenters. The van der Waals surface area contributed by atoms with Crippen molar-refractivity contribution in [2.75, 3.05) is 32.2 Å². The largest absolute Gasteiger partial charge is 0.497 e. The van der Waals surface area contributed by atoms with Gasteiger partial charge in [0.05, 0.1) is 12.6 Å². The van der Waals surface area contributed by atoms with Crippen molar-refractivity contribution < 1.29 is 9.47 Å². The van der Waals surface area contributed by atoms with Crippen molar-refractivity contribution in [3.63, 3.8) is 0 Å². The number of methoxy groups -OCH3 is 1. The molecule has 1 aromatic heterocycles. The van der Waals surface area contributed by atoms with Gasteiger partial charge in [-0.15, -0.1) is 0 Å². The normalized spacial score (nSPS) is 16.3. The van der Waals surface area contributed by atoms with Crippen molar-refractivity contribution in [2.45, 2.75) is 18.3 Å². The molecule has 0 radical (unpaired) electrons. The zero-order chi connectivity index (χ0) is 17.8. The molecule has 3 aromatic rings. The van der Waals surface area contributed by atoms with Crippen LogP contribution in [0.1, 0.15) is 18.4 Å². The van der Waals surface area contributed by atoms with Gasteiger partial charge in [0, 0.05) is 30.6 Å². The SMILES string of the molecule is COc1ccc(C2(CNc3ncnc4ccccc34)CCOCC2)cc1. The van der Waals surface area contributed by atoms with E-state index in [1.807, 2.05) is 30.3 Å². The third-order valence-corrected chi connectivity index (χ3v) is 5.29. The zero-order valence-corrected chi connectivity index (χ0v) is 14.9. The van der Waals surface area contributed by atoms with E-state index >= 15 is 0 Å². The van der Waals surface area contributed by atoms with Crippen molar-refractivity contribution >= 4 is 16.7 Å². The van der Waals surface area contributed by atoms with E-state index < -0.39 is 0 Å². The lowest BCUT2D eigenvalue weighted by molar-refractivity contribution is 0.0543. The molecule has 1 N–H and O–H groups in total. The van der Waals surface area contributed by atoms with Gasteiger partial charge in [-0.2, -0.15) is 0 Å². The maximum atomic E-state index is 5.64. The van der Waals surface area contributed by atoms with E-state index in [0.717, 1.165) is 55.1 Å². The first-order valence-corrected chi connectivity index (χ1v) is 8.97. The first kappa shape index (κ1) is 16.8. The molecule has 0 bridgehead atoms. The van der Waals surface area contributed by atoms with E-state index in [4.69, 9.17) is 9.47 Å². The molecule has 1 fully saturated rings. The Labute approximate surface area is 153 Å². The molecule has 1 aliphatic rings. The highest BCUT2D eigenvalue weighted by Gasteiger charge is 2.34. The van der Waals surface area contributed by atoms with Crippen LogP contribution >= 0.6 is 0 Å². The summed E-state index contributed by atoms with van der Waals surface area (Å²) in [7, 11) is 1.70. The first-order valence-electron chi connectivity index (χ1n) is 8.97. The number of para-hydroxylation sites is 1. The fraction of sp³-hybridized carbons (Fsp3) is 0.333. The van der Waals surface area contributed by atoms with Crippen molar-refractivity contribution in [3.8, 4) is 5.75 Å². The number of hydrogen-bond donors (Lipinski definition) is 1. The minimum atomic E-state index is 0.0244. The molecule has 5 nitrogen and oxygen atoms in total. The van der Waals surface area contributed by atoms with Crippen LogP contribution < -0.4 is 10.1 Å². The summed E-state index contributed by atoms with van der Waals surface area (Å²) in [5.41, 5.74) is 2.29. The summed E-state index contributed by atoms with van der Waals surface area (Å²) in [5.74, 6) is 1.76. The van der Waals surface area contributed by atoms with Crippen LogP contribution in [0.4, 0.5) is 5.82 Å². The number of rotatable bonds is 5. The summed E-state index contributed by atoms with van der Waals surface area (Å²) in [6.45, 7) is 2.36. The topological polar surface area (TPSA) is 56.3 Å². The molecule has 0 saturated carbocycles. The second kappa shape index (κ2) is 7.30. The Hall–Kier alpha value is -2.66. The fourth-order valence-corrected chi connectivity index (χ4v) is 3.67. The van der Waals surface area contributed by atoms with Gasteiger partial charge in [0.2, 0.25) is 0 Å². The van der Waals surface area contributed by atoms with Crippen molar-refractivity contribution in [1.82, 2.24) is 9.97 Å². The summed E-state index contributed by atoms with van der Waals surface area (Å²) in [6, 6.07) is 16.5. The minimum absolute atomic E-state index is 0.0244. The van der Waals surface area contributed by atoms with Crippen molar-refractivity contribution in [3.05, 3.63) is 60.4 Å². The second-order valence-electron chi connectivity index (χ2n) is 6.71. The van der Waals surface area contributed by atoms with Crippen LogP contribution in [0.5, 0.6) is 5.75 Å². The second-order valence-corrected chi connectivity index (χ2v) is 6.71. The Morgan fingerprint density at radius 1 is 1.04 bits per heavy atom. The molecular formula is C21H23N3O2. The molecule has 0 unspecified atom stereocenters. The maximum Gasteiger partial charge on any atom is 0.137 e. The number of ether oxygens (including phenoxy) is 2. The van der Waals surface area contributed by atoms with Crippen LogP contribution in [0.15, 0.2) is 54.9 Å². The fourth-order valence-electron chi connectivity index (χ4n) is 3.67. The molecule has 1 aliphatic heterocycles. The summed E-state index contributed by atoms with van der Waals surface area (Å²) < 4.78 is 10.9. The summed E-state index contributed by atoms with van der Waals surface area (Å²) in [5, 5.41) is 4.64. The van der Waals surface area contributed by atoms with Crippen LogP contribution in [0.3, 0.4) is 0 Å². The van der Waals surface area contributed by atoms with Gasteiger partial charge >= 0.3 is 0 Å². The maximum absolute atomic E-state index is 5.64. The van der Waals surface area contributed by atoms with Crippen LogP contribution in [0.25, 0.3) is 10.9 Å². The molecule has 2 heterocycles. The molecule has 134 valence electrons. The standard InChI is InChI=1S/C21H23N3O2/c1-25-17-8-6-16(7-9-17)21(10-12-26-13-11-21)14-22-20-18-4-2-3-5-19(18)23-15-24-20/h2-9,15H,10-14H2,1H3,(H,22,23,24). The Morgan fingerprint density at radius 2 is 1.81 bits per heavy atom. The van der Waals surface area contributed by atoms with Gasteiger partial charge in [-0.1, -0.05) is 24.3 Å². The average Bonchev–Trinajstić information content (AvgIpc) is 2.73. The number of hydrogen-bond acceptors (Lipinski definition) is 5. The van der Waals surface area contributed by atoms with Crippen molar-refractivity contribution in [1.29, 1.82) is 0 Å². The van der Waals surface area contributed by atoms with Gasteiger partial charge in [-0.3, -0.25) is 0 Å². The van der Waals surface area contributed by atoms with Crippen molar-refractivity contribution in [2.24, 2.45) is 0 Å². The van der Waals surface area contributed by atoms with Gasteiger partial charge < -0.3 is 14.8 Å². The van der Waals surface area contributed by atoms with Gasteiger partial charge in [0.25, 0.3) is 0 Å². The molecule has 2 aromatic carbocycles. The Kier molecular flexibility index (Phi) is 4.71. The van der Waals surface area contributed by atoms with E-state index in [1.165, 1.54) is 5.56 Å². The van der Waals surface area contributed by atoms with E-state index in [1.54, 1.807) is 13.4 Å². The molecule has 0 aliphatic carbocycles. The predicted octanol–water partition coefficient (Wildman–Crippen LogP) is 3.80. The van der Waals surface area contributed by atoms with E-state index in [2.05, 4.69) is 33.5 Å². The molecule has 0 amide bonds. The van der Waals surface area contributed by atoms with Gasteiger partial charge in [0.1, 0.15) is 17.9 Å². The highest BCUT2D eigenvalue weighted by atomic mass is 16.5. The number of nitrogens with one attached hydrogen (secondary N) is 1. The van der Waals surface area contributed by atoms with Gasteiger partial charge in [-0.25, -0.2) is 9.97 Å². The van der Waals surface area contributed by atoms with Crippen LogP contribution in [-0.4, -0.2) is 36.8 Å². The third kappa shape index (κ3) is 3.22. The third-order valence-electron chi connectivity index (χ3n) is 5.29. The average molecular weight is 349 g/mol. The zero-order valence-electron chi connectivity index (χ0n) is 14.9. The minimum Gasteiger partial charge on any atom is -0.497 e. The van der Waals surface area contributed by atoms with Gasteiger partial charge in [0.15, 0.2) is 0 Å². The highest BCUT2D eigenvalue weighted by Crippen LogP contribution is 2.36. The summed E-state index contributed by atoms with van der Waals surface area (Å²) in [4.78, 5) is 8.82. The van der Waals surface area contributed by atoms with Crippen LogP contribution in [-0.2, 0) is 10.2 Å². The van der Waals surface area contributed by atoms with E-state index in [0.29, 0.717) is 0 Å². The quantitative estimate of drug-likeness (QED) is 0.759. The molecule has 0 spiro atoms. The molecular weight excluding hydrogens is 326 g/mol. The lowest BCUT2D eigenvalue weighted by Gasteiger charge is -2.38. The molecule has 1 saturated heterocycles. The summed E-state index contributed by atoms with van der Waals surface area (Å²) in [6.07, 6.45) is 3.58. The number of benzene rings is 2. The predicted molar refractivity (Wildman–Crippen MR) is 103 cm³/mol. The number of anilines is 1. The Balaban J connectivity index is 1.62. The lowest BCUT2D eigenvalue weighted by Crippen LogP contribution is -2.40. The van der Waals surface area contributed by atoms with Crippen LogP contribution in [0.2, 0.25) is 0 Å². The summed E-state index contributed by atoms with van der Waals surface area (Å²) >= 11 is 0. The van der Waals surface area contributed by atoms with Crippen LogP contribution in [0, 0.1) is 0 Å². The smallest absolute Gasteiger partial charge is 0.137 e. The number of fused-ring (bicyclic) bond motifs is 1. The molecule has 5 heteroatoms. The lowest BCUT2D eigenvalue weighted by atomic mass is 9.74. The Bertz CT molecular complexity index is 869. The van der Waals surface area contributed by atoms with E-state index in [9.17, 15) is 0 Å².